The first kappa shape index (κ1) is 15.1. The first-order valence-corrected chi connectivity index (χ1v) is 8.71. The summed E-state index contributed by atoms with van der Waals surface area (Å²) in [5.41, 5.74) is 3.31. The van der Waals surface area contributed by atoms with Gasteiger partial charge in [-0.25, -0.2) is 19.9 Å². The second-order valence-electron chi connectivity index (χ2n) is 7.07. The molecule has 0 saturated carbocycles. The number of aromatic nitrogens is 5. The lowest BCUT2D eigenvalue weighted by Gasteiger charge is -2.23. The van der Waals surface area contributed by atoms with Gasteiger partial charge in [-0.05, 0) is 12.1 Å². The lowest BCUT2D eigenvalue weighted by Crippen LogP contribution is -2.29. The standard InChI is InChI=1S/C18H18N8/c1-24-11-23-16-17(24)21-10-22-18(16)26-8-12-6-25(7-13(12)9-26)15-3-2-14(4-19)20-5-15/h2-3,5,10-13H,6-9H2,1H3. The fourth-order valence-electron chi connectivity index (χ4n) is 4.18. The van der Waals surface area contributed by atoms with Gasteiger partial charge in [0.25, 0.3) is 0 Å². The zero-order valence-electron chi connectivity index (χ0n) is 14.4. The molecule has 0 N–H and O–H groups in total. The molecule has 130 valence electrons. The summed E-state index contributed by atoms with van der Waals surface area (Å²) >= 11 is 0. The van der Waals surface area contributed by atoms with Crippen LogP contribution in [0.3, 0.4) is 0 Å². The van der Waals surface area contributed by atoms with Crippen molar-refractivity contribution < 1.29 is 0 Å². The predicted molar refractivity (Wildman–Crippen MR) is 96.7 cm³/mol. The summed E-state index contributed by atoms with van der Waals surface area (Å²) in [6.45, 7) is 3.97. The van der Waals surface area contributed by atoms with Gasteiger partial charge in [0.15, 0.2) is 17.0 Å². The highest BCUT2D eigenvalue weighted by atomic mass is 15.3. The first-order valence-electron chi connectivity index (χ1n) is 8.71. The molecule has 0 radical (unpaired) electrons. The van der Waals surface area contributed by atoms with Crippen LogP contribution in [0.4, 0.5) is 11.5 Å². The maximum atomic E-state index is 8.89. The van der Waals surface area contributed by atoms with Crippen molar-refractivity contribution in [1.82, 2.24) is 24.5 Å². The molecule has 0 bridgehead atoms. The molecule has 5 heterocycles. The topological polar surface area (TPSA) is 86.8 Å². The van der Waals surface area contributed by atoms with Gasteiger partial charge in [0.05, 0.1) is 18.2 Å². The van der Waals surface area contributed by atoms with Crippen molar-refractivity contribution in [2.75, 3.05) is 36.0 Å². The van der Waals surface area contributed by atoms with E-state index in [-0.39, 0.29) is 0 Å². The minimum absolute atomic E-state index is 0.461. The number of pyridine rings is 1. The minimum atomic E-state index is 0.461. The zero-order valence-corrected chi connectivity index (χ0v) is 14.4. The van der Waals surface area contributed by atoms with Gasteiger partial charge in [0.1, 0.15) is 18.1 Å². The maximum absolute atomic E-state index is 8.89. The van der Waals surface area contributed by atoms with Gasteiger partial charge in [-0.3, -0.25) is 0 Å². The fraction of sp³-hybridized carbons (Fsp3) is 0.389. The molecule has 0 spiro atoms. The number of aryl methyl sites for hydroxylation is 1. The molecule has 2 aliphatic heterocycles. The summed E-state index contributed by atoms with van der Waals surface area (Å²) in [7, 11) is 1.95. The Hall–Kier alpha value is -3.21. The third kappa shape index (κ3) is 2.28. The largest absolute Gasteiger partial charge is 0.370 e. The van der Waals surface area contributed by atoms with E-state index in [2.05, 4.69) is 35.8 Å². The Morgan fingerprint density at radius 1 is 1.00 bits per heavy atom. The van der Waals surface area contributed by atoms with Gasteiger partial charge in [-0.2, -0.15) is 5.26 Å². The van der Waals surface area contributed by atoms with Crippen molar-refractivity contribution in [2.24, 2.45) is 18.9 Å². The summed E-state index contributed by atoms with van der Waals surface area (Å²) < 4.78 is 1.93. The van der Waals surface area contributed by atoms with Crippen LogP contribution in [0.1, 0.15) is 5.69 Å². The SMILES string of the molecule is Cn1cnc2c(N3CC4CN(c5ccc(C#N)nc5)CC4C3)ncnc21. The van der Waals surface area contributed by atoms with Crippen LogP contribution in [-0.4, -0.2) is 50.7 Å². The third-order valence-corrected chi connectivity index (χ3v) is 5.49. The molecule has 0 aliphatic carbocycles. The fourth-order valence-corrected chi connectivity index (χ4v) is 4.18. The molecular weight excluding hydrogens is 328 g/mol. The lowest BCUT2D eigenvalue weighted by atomic mass is 10.0. The molecule has 26 heavy (non-hydrogen) atoms. The number of nitrogens with zero attached hydrogens (tertiary/aromatic N) is 8. The van der Waals surface area contributed by atoms with E-state index in [1.54, 1.807) is 24.9 Å². The van der Waals surface area contributed by atoms with Gasteiger partial charge in [0, 0.05) is 45.1 Å². The Morgan fingerprint density at radius 2 is 1.77 bits per heavy atom. The molecule has 2 unspecified atom stereocenters. The van der Waals surface area contributed by atoms with E-state index in [0.29, 0.717) is 17.5 Å². The lowest BCUT2D eigenvalue weighted by molar-refractivity contribution is 0.533. The van der Waals surface area contributed by atoms with Crippen LogP contribution >= 0.6 is 0 Å². The highest BCUT2D eigenvalue weighted by Crippen LogP contribution is 2.36. The Labute approximate surface area is 150 Å². The number of fused-ring (bicyclic) bond motifs is 2. The molecular formula is C18H18N8. The first-order chi connectivity index (χ1) is 12.7. The van der Waals surface area contributed by atoms with Crippen molar-refractivity contribution >= 4 is 22.7 Å². The molecule has 2 aliphatic rings. The molecule has 3 aromatic rings. The smallest absolute Gasteiger partial charge is 0.165 e. The number of rotatable bonds is 2. The molecule has 8 heteroatoms. The summed E-state index contributed by atoms with van der Waals surface area (Å²) in [5, 5.41) is 8.89. The van der Waals surface area contributed by atoms with Crippen LogP contribution < -0.4 is 9.80 Å². The van der Waals surface area contributed by atoms with Gasteiger partial charge >= 0.3 is 0 Å². The van der Waals surface area contributed by atoms with Crippen LogP contribution in [0.15, 0.2) is 31.0 Å². The summed E-state index contributed by atoms with van der Waals surface area (Å²) in [5.74, 6) is 2.13. The Kier molecular flexibility index (Phi) is 3.28. The Morgan fingerprint density at radius 3 is 2.46 bits per heavy atom. The van der Waals surface area contributed by atoms with Crippen molar-refractivity contribution in [3.8, 4) is 6.07 Å². The second-order valence-corrected chi connectivity index (χ2v) is 7.07. The van der Waals surface area contributed by atoms with Crippen LogP contribution in [0.25, 0.3) is 11.2 Å². The molecule has 8 nitrogen and oxygen atoms in total. The molecule has 2 atom stereocenters. The van der Waals surface area contributed by atoms with Gasteiger partial charge in [0.2, 0.25) is 0 Å². The quantitative estimate of drug-likeness (QED) is 0.689. The molecule has 2 fully saturated rings. The van der Waals surface area contributed by atoms with E-state index in [1.807, 2.05) is 17.7 Å². The second kappa shape index (κ2) is 5.66. The van der Waals surface area contributed by atoms with Crippen molar-refractivity contribution in [2.45, 2.75) is 0 Å². The molecule has 2 saturated heterocycles. The van der Waals surface area contributed by atoms with Crippen molar-refractivity contribution in [1.29, 1.82) is 5.26 Å². The molecule has 0 amide bonds. The highest BCUT2D eigenvalue weighted by Gasteiger charge is 2.41. The number of nitriles is 1. The predicted octanol–water partition coefficient (Wildman–Crippen LogP) is 1.20. The minimum Gasteiger partial charge on any atom is -0.370 e. The molecule has 0 aromatic carbocycles. The zero-order chi connectivity index (χ0) is 17.7. The highest BCUT2D eigenvalue weighted by molar-refractivity contribution is 5.83. The monoisotopic (exact) mass is 346 g/mol. The van der Waals surface area contributed by atoms with E-state index in [1.165, 1.54) is 0 Å². The van der Waals surface area contributed by atoms with Crippen LogP contribution in [0, 0.1) is 23.2 Å². The van der Waals surface area contributed by atoms with E-state index in [4.69, 9.17) is 5.26 Å². The third-order valence-electron chi connectivity index (χ3n) is 5.49. The van der Waals surface area contributed by atoms with Gasteiger partial charge < -0.3 is 14.4 Å². The number of anilines is 2. The van der Waals surface area contributed by atoms with E-state index < -0.39 is 0 Å². The summed E-state index contributed by atoms with van der Waals surface area (Å²) in [6, 6.07) is 5.85. The average Bonchev–Trinajstić information content (AvgIpc) is 3.35. The average molecular weight is 346 g/mol. The number of imidazole rings is 1. The number of hydrogen-bond donors (Lipinski definition) is 0. The van der Waals surface area contributed by atoms with Crippen LogP contribution in [0.5, 0.6) is 0 Å². The van der Waals surface area contributed by atoms with E-state index in [9.17, 15) is 0 Å². The Balaban J connectivity index is 1.34. The van der Waals surface area contributed by atoms with E-state index >= 15 is 0 Å². The Bertz CT molecular complexity index is 988. The van der Waals surface area contributed by atoms with Crippen LogP contribution in [0.2, 0.25) is 0 Å². The van der Waals surface area contributed by atoms with Crippen molar-refractivity contribution in [3.05, 3.63) is 36.7 Å². The van der Waals surface area contributed by atoms with Gasteiger partial charge in [-0.1, -0.05) is 0 Å². The maximum Gasteiger partial charge on any atom is 0.165 e. The van der Waals surface area contributed by atoms with Crippen molar-refractivity contribution in [3.63, 3.8) is 0 Å². The van der Waals surface area contributed by atoms with Gasteiger partial charge in [-0.15, -0.1) is 0 Å². The van der Waals surface area contributed by atoms with Crippen LogP contribution in [-0.2, 0) is 7.05 Å². The molecule has 3 aromatic heterocycles. The van der Waals surface area contributed by atoms with E-state index in [0.717, 1.165) is 48.8 Å². The molecule has 5 rings (SSSR count). The summed E-state index contributed by atoms with van der Waals surface area (Å²) in [4.78, 5) is 22.2. The summed E-state index contributed by atoms with van der Waals surface area (Å²) in [6.07, 6.45) is 5.22. The number of hydrogen-bond acceptors (Lipinski definition) is 7. The normalized spacial score (nSPS) is 22.0.